The summed E-state index contributed by atoms with van der Waals surface area (Å²) in [6.07, 6.45) is 18.2. The van der Waals surface area contributed by atoms with Crippen molar-refractivity contribution in [2.75, 3.05) is 73.7 Å². The molecule has 0 radical (unpaired) electrons. The van der Waals surface area contributed by atoms with Gasteiger partial charge in [-0.05, 0) is 65.6 Å². The average molecular weight is 1040 g/mol. The number of rotatable bonds is 46. The maximum Gasteiger partial charge on any atom is 0.319 e. The molecule has 0 rings (SSSR count). The van der Waals surface area contributed by atoms with E-state index in [1.54, 1.807) is 16.8 Å². The van der Waals surface area contributed by atoms with Crippen molar-refractivity contribution in [3.05, 3.63) is 0 Å². The van der Waals surface area contributed by atoms with Gasteiger partial charge < -0.3 is 43.1 Å². The molecule has 4 atom stereocenters. The SMILES string of the molecule is CCCCCCC(C)C(=O)OCC(COC(=O)C(C)CCCCCC)OC(=O)CCCN(CCCC(=O)OC(COC(=O)C(C)CCCCCC)COC(=O)C(C)CCCCCC)C(=O)N(C)CCCN(C)C. The highest BCUT2D eigenvalue weighted by atomic mass is 16.6. The first kappa shape index (κ1) is 69.0. The molecule has 0 saturated heterocycles. The second kappa shape index (κ2) is 44.4. The first-order valence-corrected chi connectivity index (χ1v) is 28.6. The van der Waals surface area contributed by atoms with Gasteiger partial charge in [-0.25, -0.2) is 4.79 Å². The Hall–Kier alpha value is -3.95. The highest BCUT2D eigenvalue weighted by molar-refractivity contribution is 5.75. The zero-order valence-corrected chi connectivity index (χ0v) is 47.9. The summed E-state index contributed by atoms with van der Waals surface area (Å²) < 4.78 is 33.9. The van der Waals surface area contributed by atoms with Crippen molar-refractivity contribution in [2.45, 2.75) is 228 Å². The molecule has 0 bridgehead atoms. The van der Waals surface area contributed by atoms with Crippen molar-refractivity contribution in [1.82, 2.24) is 14.7 Å². The summed E-state index contributed by atoms with van der Waals surface area (Å²) in [5, 5.41) is 0. The Morgan fingerprint density at radius 3 is 0.945 bits per heavy atom. The number of unbranched alkanes of at least 4 members (excludes halogenated alkanes) is 12. The number of amides is 2. The van der Waals surface area contributed by atoms with E-state index in [9.17, 15) is 33.6 Å². The quantitative estimate of drug-likeness (QED) is 0.0318. The van der Waals surface area contributed by atoms with Crippen LogP contribution in [0.25, 0.3) is 0 Å². The Morgan fingerprint density at radius 1 is 0.370 bits per heavy atom. The van der Waals surface area contributed by atoms with Crippen molar-refractivity contribution < 1.29 is 62.0 Å². The van der Waals surface area contributed by atoms with Crippen LogP contribution in [0.15, 0.2) is 0 Å². The molecule has 0 aromatic rings. The van der Waals surface area contributed by atoms with Gasteiger partial charge in [0.05, 0.1) is 23.7 Å². The van der Waals surface area contributed by atoms with Crippen molar-refractivity contribution in [3.8, 4) is 0 Å². The van der Waals surface area contributed by atoms with Gasteiger partial charge in [-0.2, -0.15) is 0 Å². The molecular weight excluding hydrogens is 935 g/mol. The Balaban J connectivity index is 5.91. The molecule has 0 aromatic heterocycles. The monoisotopic (exact) mass is 1040 g/mol. The molecule has 16 heteroatoms. The number of esters is 6. The van der Waals surface area contributed by atoms with Crippen LogP contribution < -0.4 is 0 Å². The second-order valence-corrected chi connectivity index (χ2v) is 20.8. The number of carbonyl (C=O) groups is 7. The fraction of sp³-hybridized carbons (Fsp3) is 0.877. The van der Waals surface area contributed by atoms with Crippen LogP contribution in [0.1, 0.15) is 216 Å². The van der Waals surface area contributed by atoms with Crippen LogP contribution in [-0.4, -0.2) is 143 Å². The van der Waals surface area contributed by atoms with Crippen LogP contribution >= 0.6 is 0 Å². The van der Waals surface area contributed by atoms with Crippen molar-refractivity contribution >= 4 is 41.8 Å². The number of ether oxygens (including phenoxy) is 6. The fourth-order valence-corrected chi connectivity index (χ4v) is 8.06. The van der Waals surface area contributed by atoms with E-state index in [1.165, 1.54) is 0 Å². The van der Waals surface area contributed by atoms with Gasteiger partial charge in [-0.15, -0.1) is 0 Å². The van der Waals surface area contributed by atoms with Crippen LogP contribution in [0, 0.1) is 23.7 Å². The molecule has 0 heterocycles. The molecule has 0 aromatic carbocycles. The van der Waals surface area contributed by atoms with E-state index in [-0.39, 0.29) is 94.9 Å². The highest BCUT2D eigenvalue weighted by Gasteiger charge is 2.26. The molecule has 73 heavy (non-hydrogen) atoms. The van der Waals surface area contributed by atoms with Gasteiger partial charge in [0.25, 0.3) is 0 Å². The van der Waals surface area contributed by atoms with Crippen LogP contribution in [0.4, 0.5) is 4.79 Å². The van der Waals surface area contributed by atoms with Gasteiger partial charge >= 0.3 is 41.8 Å². The third kappa shape index (κ3) is 36.6. The van der Waals surface area contributed by atoms with Crippen LogP contribution in [0.2, 0.25) is 0 Å². The minimum absolute atomic E-state index is 0.0793. The zero-order valence-electron chi connectivity index (χ0n) is 47.9. The average Bonchev–Trinajstić information content (AvgIpc) is 3.36. The van der Waals surface area contributed by atoms with Crippen molar-refractivity contribution in [2.24, 2.45) is 23.7 Å². The van der Waals surface area contributed by atoms with E-state index in [0.29, 0.717) is 32.2 Å². The van der Waals surface area contributed by atoms with Gasteiger partial charge in [0.1, 0.15) is 26.4 Å². The largest absolute Gasteiger partial charge is 0.461 e. The predicted octanol–water partition coefficient (Wildman–Crippen LogP) is 11.3. The Morgan fingerprint density at radius 2 is 0.671 bits per heavy atom. The third-order valence-electron chi connectivity index (χ3n) is 13.1. The lowest BCUT2D eigenvalue weighted by Crippen LogP contribution is -2.43. The fourth-order valence-electron chi connectivity index (χ4n) is 8.06. The summed E-state index contributed by atoms with van der Waals surface area (Å²) in [7, 11) is 5.63. The molecule has 0 fully saturated rings. The molecule has 0 spiro atoms. The summed E-state index contributed by atoms with van der Waals surface area (Å²) in [6, 6.07) is -0.269. The number of carbonyl (C=O) groups excluding carboxylic acids is 7. The molecule has 0 N–H and O–H groups in total. The number of urea groups is 1. The number of hydrogen-bond acceptors (Lipinski definition) is 14. The second-order valence-electron chi connectivity index (χ2n) is 20.8. The van der Waals surface area contributed by atoms with Crippen molar-refractivity contribution in [1.29, 1.82) is 0 Å². The van der Waals surface area contributed by atoms with Crippen LogP contribution in [0.5, 0.6) is 0 Å². The Kier molecular flexibility index (Phi) is 42.0. The molecule has 16 nitrogen and oxygen atoms in total. The molecule has 0 aliphatic rings. The van der Waals surface area contributed by atoms with E-state index < -0.39 is 48.0 Å². The summed E-state index contributed by atoms with van der Waals surface area (Å²) in [6.45, 7) is 16.3. The van der Waals surface area contributed by atoms with Crippen LogP contribution in [-0.2, 0) is 57.2 Å². The normalized spacial score (nSPS) is 13.8. The Labute approximate surface area is 442 Å². The molecular formula is C57H105N3O13. The minimum atomic E-state index is -1.01. The number of nitrogens with zero attached hydrogens (tertiary/aromatic N) is 3. The van der Waals surface area contributed by atoms with Gasteiger partial charge in [0.15, 0.2) is 12.2 Å². The molecule has 426 valence electrons. The summed E-state index contributed by atoms with van der Waals surface area (Å²) in [5.74, 6) is -4.15. The molecule has 4 unspecified atom stereocenters. The first-order valence-electron chi connectivity index (χ1n) is 28.6. The lowest BCUT2D eigenvalue weighted by molar-refractivity contribution is -0.169. The lowest BCUT2D eigenvalue weighted by atomic mass is 10.0. The molecule has 0 aliphatic heterocycles. The standard InChI is InChI=1S/C57H105N3O13/c1-12-16-20-24-31-45(5)53(63)68-41-49(42-69-54(64)46(6)32-25-21-17-13-2)72-51(61)35-28-39-60(57(67)59(11)38-30-37-58(9)10)40-29-36-52(62)73-50(43-70-55(65)47(7)33-26-22-18-14-3)44-71-56(66)48(8)34-27-23-19-15-4/h45-50H,12-44H2,1-11H3. The minimum Gasteiger partial charge on any atom is -0.461 e. The molecule has 0 aliphatic carbocycles. The summed E-state index contributed by atoms with van der Waals surface area (Å²) >= 11 is 0. The zero-order chi connectivity index (χ0) is 54.8. The third-order valence-corrected chi connectivity index (χ3v) is 13.1. The molecule has 0 saturated carbocycles. The van der Waals surface area contributed by atoms with Gasteiger partial charge in [-0.3, -0.25) is 28.8 Å². The first-order chi connectivity index (χ1) is 34.9. The topological polar surface area (TPSA) is 185 Å². The lowest BCUT2D eigenvalue weighted by Gasteiger charge is -2.29. The maximum atomic E-state index is 13.8. The smallest absolute Gasteiger partial charge is 0.319 e. The van der Waals surface area contributed by atoms with E-state index in [1.807, 2.05) is 46.7 Å². The van der Waals surface area contributed by atoms with Crippen molar-refractivity contribution in [3.63, 3.8) is 0 Å². The van der Waals surface area contributed by atoms with E-state index in [2.05, 4.69) is 27.7 Å². The van der Waals surface area contributed by atoms with E-state index >= 15 is 0 Å². The van der Waals surface area contributed by atoms with Gasteiger partial charge in [0, 0.05) is 39.5 Å². The Bertz CT molecular complexity index is 1340. The highest BCUT2D eigenvalue weighted by Crippen LogP contribution is 2.18. The van der Waals surface area contributed by atoms with E-state index in [0.717, 1.165) is 116 Å². The molecule has 2 amide bonds. The predicted molar refractivity (Wildman–Crippen MR) is 287 cm³/mol. The van der Waals surface area contributed by atoms with Gasteiger partial charge in [-0.1, -0.05) is 158 Å². The summed E-state index contributed by atoms with van der Waals surface area (Å²) in [4.78, 5) is 97.5. The van der Waals surface area contributed by atoms with Gasteiger partial charge in [0.2, 0.25) is 0 Å². The number of hydrogen-bond donors (Lipinski definition) is 0. The maximum absolute atomic E-state index is 13.8. The van der Waals surface area contributed by atoms with Crippen LogP contribution in [0.3, 0.4) is 0 Å². The summed E-state index contributed by atoms with van der Waals surface area (Å²) in [5.41, 5.74) is 0. The van der Waals surface area contributed by atoms with E-state index in [4.69, 9.17) is 28.4 Å².